The number of carbonyl (C=O) groups is 1. The first-order valence-electron chi connectivity index (χ1n) is 7.65. The summed E-state index contributed by atoms with van der Waals surface area (Å²) < 4.78 is 5.21. The van der Waals surface area contributed by atoms with Gasteiger partial charge in [-0.05, 0) is 43.0 Å². The van der Waals surface area contributed by atoms with E-state index in [2.05, 4.69) is 17.2 Å². The minimum absolute atomic E-state index is 0.0103. The SMILES string of the molecule is COc1ccc2[nH]c(C(=O)NC3CCCCC3C)cc2c1. The molecule has 1 amide bonds. The molecule has 0 bridgehead atoms. The van der Waals surface area contributed by atoms with Crippen molar-refractivity contribution in [3.05, 3.63) is 30.0 Å². The first kappa shape index (κ1) is 14.0. The van der Waals surface area contributed by atoms with Crippen LogP contribution in [0.3, 0.4) is 0 Å². The van der Waals surface area contributed by atoms with E-state index in [1.807, 2.05) is 24.3 Å². The maximum atomic E-state index is 12.4. The molecule has 4 nitrogen and oxygen atoms in total. The maximum absolute atomic E-state index is 12.4. The molecule has 1 heterocycles. The topological polar surface area (TPSA) is 54.1 Å². The number of fused-ring (bicyclic) bond motifs is 1. The molecule has 112 valence electrons. The van der Waals surface area contributed by atoms with Crippen LogP contribution < -0.4 is 10.1 Å². The van der Waals surface area contributed by atoms with E-state index in [0.717, 1.165) is 23.1 Å². The van der Waals surface area contributed by atoms with Gasteiger partial charge in [-0.15, -0.1) is 0 Å². The Labute approximate surface area is 124 Å². The molecule has 1 aromatic carbocycles. The van der Waals surface area contributed by atoms with E-state index < -0.39 is 0 Å². The first-order valence-corrected chi connectivity index (χ1v) is 7.65. The number of amides is 1. The van der Waals surface area contributed by atoms with Crippen molar-refractivity contribution in [2.24, 2.45) is 5.92 Å². The van der Waals surface area contributed by atoms with Gasteiger partial charge in [0.2, 0.25) is 0 Å². The number of aromatic amines is 1. The lowest BCUT2D eigenvalue weighted by molar-refractivity contribution is 0.0906. The zero-order valence-corrected chi connectivity index (χ0v) is 12.6. The molecule has 21 heavy (non-hydrogen) atoms. The standard InChI is InChI=1S/C17H22N2O2/c1-11-5-3-4-6-14(11)19-17(20)16-10-12-9-13(21-2)7-8-15(12)18-16/h7-11,14,18H,3-6H2,1-2H3,(H,19,20). The highest BCUT2D eigenvalue weighted by molar-refractivity contribution is 5.98. The molecule has 1 aliphatic carbocycles. The highest BCUT2D eigenvalue weighted by atomic mass is 16.5. The first-order chi connectivity index (χ1) is 10.2. The predicted octanol–water partition coefficient (Wildman–Crippen LogP) is 3.49. The lowest BCUT2D eigenvalue weighted by Crippen LogP contribution is -2.41. The number of benzene rings is 1. The van der Waals surface area contributed by atoms with Gasteiger partial charge in [0.1, 0.15) is 11.4 Å². The van der Waals surface area contributed by atoms with E-state index in [1.54, 1.807) is 7.11 Å². The van der Waals surface area contributed by atoms with Gasteiger partial charge in [-0.3, -0.25) is 4.79 Å². The average molecular weight is 286 g/mol. The zero-order valence-electron chi connectivity index (χ0n) is 12.6. The largest absolute Gasteiger partial charge is 0.497 e. The second kappa shape index (κ2) is 5.80. The average Bonchev–Trinajstić information content (AvgIpc) is 2.92. The van der Waals surface area contributed by atoms with Crippen LogP contribution in [0.25, 0.3) is 10.9 Å². The highest BCUT2D eigenvalue weighted by Gasteiger charge is 2.23. The highest BCUT2D eigenvalue weighted by Crippen LogP contribution is 2.25. The molecule has 3 rings (SSSR count). The van der Waals surface area contributed by atoms with E-state index in [9.17, 15) is 4.79 Å². The number of aromatic nitrogens is 1. The number of ether oxygens (including phenoxy) is 1. The van der Waals surface area contributed by atoms with Crippen molar-refractivity contribution < 1.29 is 9.53 Å². The lowest BCUT2D eigenvalue weighted by Gasteiger charge is -2.29. The van der Waals surface area contributed by atoms with Gasteiger partial charge in [-0.25, -0.2) is 0 Å². The van der Waals surface area contributed by atoms with Crippen LogP contribution in [0.5, 0.6) is 5.75 Å². The summed E-state index contributed by atoms with van der Waals surface area (Å²) in [7, 11) is 1.64. The molecule has 4 heteroatoms. The van der Waals surface area contributed by atoms with Gasteiger partial charge < -0.3 is 15.0 Å². The van der Waals surface area contributed by atoms with Crippen molar-refractivity contribution >= 4 is 16.8 Å². The molecule has 1 aliphatic rings. The van der Waals surface area contributed by atoms with Crippen LogP contribution in [-0.2, 0) is 0 Å². The summed E-state index contributed by atoms with van der Waals surface area (Å²) in [6, 6.07) is 7.96. The molecule has 0 saturated heterocycles. The van der Waals surface area contributed by atoms with E-state index in [0.29, 0.717) is 17.7 Å². The number of nitrogens with one attached hydrogen (secondary N) is 2. The van der Waals surface area contributed by atoms with Crippen LogP contribution in [0.4, 0.5) is 0 Å². The summed E-state index contributed by atoms with van der Waals surface area (Å²) in [6.45, 7) is 2.22. The molecule has 1 saturated carbocycles. The summed E-state index contributed by atoms with van der Waals surface area (Å²) >= 11 is 0. The molecule has 2 aromatic rings. The van der Waals surface area contributed by atoms with Gasteiger partial charge in [-0.2, -0.15) is 0 Å². The van der Waals surface area contributed by atoms with Crippen LogP contribution in [-0.4, -0.2) is 24.0 Å². The Balaban J connectivity index is 1.77. The number of rotatable bonds is 3. The van der Waals surface area contributed by atoms with Crippen LogP contribution >= 0.6 is 0 Å². The summed E-state index contributed by atoms with van der Waals surface area (Å²) in [5.74, 6) is 1.35. The van der Waals surface area contributed by atoms with Gasteiger partial charge in [0.25, 0.3) is 5.91 Å². The van der Waals surface area contributed by atoms with Crippen LogP contribution in [0.1, 0.15) is 43.1 Å². The Morgan fingerprint density at radius 2 is 2.10 bits per heavy atom. The normalized spacial score (nSPS) is 22.2. The van der Waals surface area contributed by atoms with Crippen molar-refractivity contribution in [3.8, 4) is 5.75 Å². The minimum Gasteiger partial charge on any atom is -0.497 e. The summed E-state index contributed by atoms with van der Waals surface area (Å²) in [5, 5.41) is 4.17. The van der Waals surface area contributed by atoms with Crippen molar-refractivity contribution in [3.63, 3.8) is 0 Å². The number of hydrogen-bond acceptors (Lipinski definition) is 2. The third-order valence-corrected chi connectivity index (χ3v) is 4.50. The number of methoxy groups -OCH3 is 1. The molecular weight excluding hydrogens is 264 g/mol. The van der Waals surface area contributed by atoms with Crippen molar-refractivity contribution in [1.82, 2.24) is 10.3 Å². The fourth-order valence-corrected chi connectivity index (χ4v) is 3.14. The molecule has 2 unspecified atom stereocenters. The molecular formula is C17H22N2O2. The second-order valence-corrected chi connectivity index (χ2v) is 5.98. The zero-order chi connectivity index (χ0) is 14.8. The summed E-state index contributed by atoms with van der Waals surface area (Å²) in [4.78, 5) is 15.6. The molecule has 1 aromatic heterocycles. The van der Waals surface area contributed by atoms with Gasteiger partial charge in [0, 0.05) is 16.9 Å². The van der Waals surface area contributed by atoms with Gasteiger partial charge in [0.15, 0.2) is 0 Å². The van der Waals surface area contributed by atoms with E-state index in [1.165, 1.54) is 19.3 Å². The Morgan fingerprint density at radius 1 is 1.29 bits per heavy atom. The third kappa shape index (κ3) is 2.89. The quantitative estimate of drug-likeness (QED) is 0.907. The molecule has 0 radical (unpaired) electrons. The monoisotopic (exact) mass is 286 g/mol. The molecule has 0 aliphatic heterocycles. The Morgan fingerprint density at radius 3 is 2.86 bits per heavy atom. The Kier molecular flexibility index (Phi) is 3.86. The Bertz CT molecular complexity index is 647. The van der Waals surface area contributed by atoms with Crippen LogP contribution in [0, 0.1) is 5.92 Å². The van der Waals surface area contributed by atoms with Crippen LogP contribution in [0.2, 0.25) is 0 Å². The van der Waals surface area contributed by atoms with Crippen LogP contribution in [0.15, 0.2) is 24.3 Å². The predicted molar refractivity (Wildman–Crippen MR) is 83.7 cm³/mol. The van der Waals surface area contributed by atoms with E-state index in [4.69, 9.17) is 4.74 Å². The lowest BCUT2D eigenvalue weighted by atomic mass is 9.86. The number of hydrogen-bond donors (Lipinski definition) is 2. The molecule has 1 fully saturated rings. The summed E-state index contributed by atoms with van der Waals surface area (Å²) in [6.07, 6.45) is 4.77. The smallest absolute Gasteiger partial charge is 0.267 e. The number of H-pyrrole nitrogens is 1. The third-order valence-electron chi connectivity index (χ3n) is 4.50. The molecule has 2 N–H and O–H groups in total. The number of carbonyl (C=O) groups excluding carboxylic acids is 1. The maximum Gasteiger partial charge on any atom is 0.267 e. The fourth-order valence-electron chi connectivity index (χ4n) is 3.14. The Hall–Kier alpha value is -1.97. The van der Waals surface area contributed by atoms with Gasteiger partial charge in [0.05, 0.1) is 7.11 Å². The van der Waals surface area contributed by atoms with E-state index in [-0.39, 0.29) is 5.91 Å². The van der Waals surface area contributed by atoms with Gasteiger partial charge in [-0.1, -0.05) is 19.8 Å². The van der Waals surface area contributed by atoms with Gasteiger partial charge >= 0.3 is 0 Å². The van der Waals surface area contributed by atoms with Crippen molar-refractivity contribution in [2.75, 3.05) is 7.11 Å². The molecule has 2 atom stereocenters. The fraction of sp³-hybridized carbons (Fsp3) is 0.471. The van der Waals surface area contributed by atoms with Crippen molar-refractivity contribution in [2.45, 2.75) is 38.6 Å². The second-order valence-electron chi connectivity index (χ2n) is 5.98. The summed E-state index contributed by atoms with van der Waals surface area (Å²) in [5.41, 5.74) is 1.58. The minimum atomic E-state index is -0.0103. The van der Waals surface area contributed by atoms with E-state index >= 15 is 0 Å². The molecule has 0 spiro atoms. The van der Waals surface area contributed by atoms with Crippen molar-refractivity contribution in [1.29, 1.82) is 0 Å².